The van der Waals surface area contributed by atoms with Gasteiger partial charge in [-0.05, 0) is 26.0 Å². The van der Waals surface area contributed by atoms with Crippen LogP contribution in [0.2, 0.25) is 0 Å². The lowest BCUT2D eigenvalue weighted by atomic mass is 10.1. The Labute approximate surface area is 103 Å². The highest BCUT2D eigenvalue weighted by Crippen LogP contribution is 2.22. The number of hydrogen-bond donors (Lipinski definition) is 3. The fraction of sp³-hybridized carbons (Fsp3) is 0.364. The fourth-order valence-electron chi connectivity index (χ4n) is 1.28. The van der Waals surface area contributed by atoms with Crippen molar-refractivity contribution in [3.63, 3.8) is 0 Å². The van der Waals surface area contributed by atoms with Crippen molar-refractivity contribution in [3.8, 4) is 0 Å². The molecule has 7 heteroatoms. The Kier molecular flexibility index (Phi) is 4.00. The molecular weight excluding hydrogens is 240 g/mol. The van der Waals surface area contributed by atoms with E-state index in [4.69, 9.17) is 5.11 Å². The van der Waals surface area contributed by atoms with E-state index in [1.54, 1.807) is 0 Å². The van der Waals surface area contributed by atoms with Crippen LogP contribution >= 0.6 is 0 Å². The topological polar surface area (TPSA) is 113 Å². The average molecular weight is 254 g/mol. The summed E-state index contributed by atoms with van der Waals surface area (Å²) in [6, 6.07) is 4.04. The summed E-state index contributed by atoms with van der Waals surface area (Å²) in [6.45, 7) is 1.99. The number of carbonyl (C=O) groups is 1. The normalized spacial score (nSPS) is 13.8. The van der Waals surface area contributed by atoms with Gasteiger partial charge in [0.25, 0.3) is 11.6 Å². The molecule has 98 valence electrons. The minimum Gasteiger partial charge on any atom is -0.393 e. The van der Waals surface area contributed by atoms with E-state index in [1.165, 1.54) is 32.0 Å². The van der Waals surface area contributed by atoms with Crippen molar-refractivity contribution in [2.45, 2.75) is 19.4 Å². The first kappa shape index (κ1) is 14.1. The molecule has 1 aromatic carbocycles. The summed E-state index contributed by atoms with van der Waals surface area (Å²) in [6.07, 6.45) is 0. The van der Waals surface area contributed by atoms with Crippen LogP contribution in [0.25, 0.3) is 0 Å². The van der Waals surface area contributed by atoms with E-state index in [0.717, 1.165) is 0 Å². The summed E-state index contributed by atoms with van der Waals surface area (Å²) < 4.78 is 0. The van der Waals surface area contributed by atoms with E-state index in [0.29, 0.717) is 11.3 Å². The second-order valence-electron chi connectivity index (χ2n) is 4.14. The number of aryl methyl sites for hydroxylation is 1. The lowest BCUT2D eigenvalue weighted by Crippen LogP contribution is -2.43. The van der Waals surface area contributed by atoms with E-state index in [2.05, 4.69) is 5.32 Å². The molecule has 0 spiro atoms. The zero-order valence-electron chi connectivity index (χ0n) is 10.0. The molecule has 1 aromatic rings. The van der Waals surface area contributed by atoms with Crippen LogP contribution in [0.4, 0.5) is 11.4 Å². The van der Waals surface area contributed by atoms with Gasteiger partial charge in [0.2, 0.25) is 0 Å². The number of nitrogens with one attached hydrogen (secondary N) is 1. The second kappa shape index (κ2) is 5.11. The summed E-state index contributed by atoms with van der Waals surface area (Å²) >= 11 is 0. The molecule has 0 fully saturated rings. The van der Waals surface area contributed by atoms with Gasteiger partial charge in [-0.15, -0.1) is 0 Å². The Morgan fingerprint density at radius 1 is 1.56 bits per heavy atom. The van der Waals surface area contributed by atoms with E-state index in [1.807, 2.05) is 0 Å². The Morgan fingerprint density at radius 2 is 2.17 bits per heavy atom. The third-order valence-electron chi connectivity index (χ3n) is 2.45. The van der Waals surface area contributed by atoms with E-state index in [9.17, 15) is 20.0 Å². The smallest absolute Gasteiger partial charge is 0.272 e. The van der Waals surface area contributed by atoms with Crippen molar-refractivity contribution in [2.24, 2.45) is 0 Å². The van der Waals surface area contributed by atoms with Crippen LogP contribution in [0.5, 0.6) is 0 Å². The van der Waals surface area contributed by atoms with Gasteiger partial charge in [-0.25, -0.2) is 0 Å². The van der Waals surface area contributed by atoms with Gasteiger partial charge in [0.1, 0.15) is 0 Å². The molecule has 3 N–H and O–H groups in total. The molecule has 0 saturated carbocycles. The van der Waals surface area contributed by atoms with E-state index >= 15 is 0 Å². The predicted octanol–water partition coefficient (Wildman–Crippen LogP) is 0.585. The Bertz CT molecular complexity index is 484. The zero-order chi connectivity index (χ0) is 13.9. The molecule has 1 amide bonds. The molecule has 0 radical (unpaired) electrons. The Morgan fingerprint density at radius 3 is 2.61 bits per heavy atom. The maximum Gasteiger partial charge on any atom is 0.272 e. The molecule has 0 unspecified atom stereocenters. The Balaban J connectivity index is 2.91. The average Bonchev–Trinajstić information content (AvgIpc) is 2.28. The predicted molar refractivity (Wildman–Crippen MR) is 64.2 cm³/mol. The third kappa shape index (κ3) is 3.02. The lowest BCUT2D eigenvalue weighted by molar-refractivity contribution is -0.385. The molecule has 0 aliphatic rings. The quantitative estimate of drug-likeness (QED) is 0.537. The first-order valence-electron chi connectivity index (χ1n) is 5.17. The first-order chi connectivity index (χ1) is 8.27. The number of nitro groups is 1. The molecule has 0 heterocycles. The molecule has 18 heavy (non-hydrogen) atoms. The van der Waals surface area contributed by atoms with Crippen LogP contribution in [0.15, 0.2) is 18.2 Å². The van der Waals surface area contributed by atoms with Crippen LogP contribution in [0.3, 0.4) is 0 Å². The van der Waals surface area contributed by atoms with Crippen molar-refractivity contribution >= 4 is 17.3 Å². The number of nitro benzene ring substituents is 1. The fourth-order valence-corrected chi connectivity index (χ4v) is 1.28. The number of carbonyl (C=O) groups excluding carboxylic acids is 1. The van der Waals surface area contributed by atoms with Crippen molar-refractivity contribution < 1.29 is 19.9 Å². The van der Waals surface area contributed by atoms with Crippen molar-refractivity contribution in [3.05, 3.63) is 33.9 Å². The molecule has 7 nitrogen and oxygen atoms in total. The highest BCUT2D eigenvalue weighted by Gasteiger charge is 2.29. The molecule has 0 aliphatic heterocycles. The summed E-state index contributed by atoms with van der Waals surface area (Å²) in [7, 11) is 0. The molecule has 1 atom stereocenters. The van der Waals surface area contributed by atoms with Gasteiger partial charge in [-0.1, -0.05) is 0 Å². The van der Waals surface area contributed by atoms with E-state index in [-0.39, 0.29) is 5.69 Å². The minimum absolute atomic E-state index is 0.0538. The maximum atomic E-state index is 11.5. The van der Waals surface area contributed by atoms with Gasteiger partial charge in [-0.2, -0.15) is 0 Å². The SMILES string of the molecule is Cc1cc(NC(=O)[C@@](C)(O)CO)ccc1[N+](=O)[O-]. The van der Waals surface area contributed by atoms with Crippen LogP contribution in [-0.2, 0) is 4.79 Å². The minimum atomic E-state index is -1.89. The van der Waals surface area contributed by atoms with Gasteiger partial charge in [0, 0.05) is 17.3 Å². The van der Waals surface area contributed by atoms with Crippen molar-refractivity contribution in [2.75, 3.05) is 11.9 Å². The summed E-state index contributed by atoms with van der Waals surface area (Å²) in [5, 5.41) is 31.3. The van der Waals surface area contributed by atoms with E-state index < -0.39 is 23.0 Å². The monoisotopic (exact) mass is 254 g/mol. The van der Waals surface area contributed by atoms with Gasteiger partial charge < -0.3 is 15.5 Å². The van der Waals surface area contributed by atoms with Gasteiger partial charge in [-0.3, -0.25) is 14.9 Å². The highest BCUT2D eigenvalue weighted by atomic mass is 16.6. The first-order valence-corrected chi connectivity index (χ1v) is 5.17. The number of aliphatic hydroxyl groups excluding tert-OH is 1. The maximum absolute atomic E-state index is 11.5. The lowest BCUT2D eigenvalue weighted by Gasteiger charge is -2.19. The number of aliphatic hydroxyl groups is 2. The number of anilines is 1. The van der Waals surface area contributed by atoms with Gasteiger partial charge in [0.05, 0.1) is 11.5 Å². The summed E-state index contributed by atoms with van der Waals surface area (Å²) in [5.41, 5.74) is -1.24. The summed E-state index contributed by atoms with van der Waals surface area (Å²) in [5.74, 6) is -0.779. The van der Waals surface area contributed by atoms with Crippen LogP contribution in [-0.4, -0.2) is 33.3 Å². The van der Waals surface area contributed by atoms with Crippen molar-refractivity contribution in [1.82, 2.24) is 0 Å². The molecule has 1 rings (SSSR count). The standard InChI is InChI=1S/C11H14N2O5/c1-7-5-8(3-4-9(7)13(17)18)12-10(15)11(2,16)6-14/h3-5,14,16H,6H2,1-2H3,(H,12,15)/t11-/m0/s1. The van der Waals surface area contributed by atoms with Crippen LogP contribution in [0.1, 0.15) is 12.5 Å². The molecule has 0 aliphatic carbocycles. The zero-order valence-corrected chi connectivity index (χ0v) is 10.0. The number of benzene rings is 1. The molecular formula is C11H14N2O5. The number of amides is 1. The number of nitrogens with zero attached hydrogens (tertiary/aromatic N) is 1. The van der Waals surface area contributed by atoms with Gasteiger partial charge >= 0.3 is 0 Å². The molecule has 0 aromatic heterocycles. The highest BCUT2D eigenvalue weighted by molar-refractivity contribution is 5.97. The molecule has 0 saturated heterocycles. The Hall–Kier alpha value is -1.99. The van der Waals surface area contributed by atoms with Crippen LogP contribution in [0, 0.1) is 17.0 Å². The summed E-state index contributed by atoms with van der Waals surface area (Å²) in [4.78, 5) is 21.6. The van der Waals surface area contributed by atoms with Crippen LogP contribution < -0.4 is 5.32 Å². The largest absolute Gasteiger partial charge is 0.393 e. The third-order valence-corrected chi connectivity index (χ3v) is 2.45. The number of rotatable bonds is 4. The molecule has 0 bridgehead atoms. The second-order valence-corrected chi connectivity index (χ2v) is 4.14. The van der Waals surface area contributed by atoms with Gasteiger partial charge in [0.15, 0.2) is 5.60 Å². The van der Waals surface area contributed by atoms with Crippen molar-refractivity contribution in [1.29, 1.82) is 0 Å². The number of hydrogen-bond acceptors (Lipinski definition) is 5.